The molecule has 0 aromatic heterocycles. The molecule has 0 amide bonds. The van der Waals surface area contributed by atoms with Crippen LogP contribution in [0.3, 0.4) is 0 Å². The normalized spacial score (nSPS) is 12.2. The van der Waals surface area contributed by atoms with E-state index in [0.717, 1.165) is 22.2 Å². The predicted molar refractivity (Wildman–Crippen MR) is 91.3 cm³/mol. The number of halogens is 1. The average Bonchev–Trinajstić information content (AvgIpc) is 2.42. The van der Waals surface area contributed by atoms with Crippen LogP contribution < -0.4 is 10.6 Å². The fraction of sp³-hybridized carbons (Fsp3) is 0.462. The Hall–Kier alpha value is -0.920. The highest BCUT2D eigenvalue weighted by atomic mass is 35.5. The number of hydrogen-bond acceptors (Lipinski definition) is 4. The van der Waals surface area contributed by atoms with Crippen molar-refractivity contribution in [3.63, 3.8) is 0 Å². The molecular formula is C13H20ClN3O2S2. The maximum Gasteiger partial charge on any atom is 0.191 e. The van der Waals surface area contributed by atoms with Gasteiger partial charge in [-0.25, -0.2) is 8.42 Å². The fourth-order valence-corrected chi connectivity index (χ4v) is 2.81. The molecular weight excluding hydrogens is 330 g/mol. The summed E-state index contributed by atoms with van der Waals surface area (Å²) < 4.78 is 22.1. The van der Waals surface area contributed by atoms with Gasteiger partial charge in [-0.05, 0) is 24.3 Å². The third kappa shape index (κ3) is 8.85. The second-order valence-corrected chi connectivity index (χ2v) is 8.22. The number of nitrogens with zero attached hydrogens (tertiary/aromatic N) is 1. The Morgan fingerprint density at radius 3 is 2.43 bits per heavy atom. The molecule has 0 aliphatic carbocycles. The summed E-state index contributed by atoms with van der Waals surface area (Å²) in [7, 11) is -1.30. The van der Waals surface area contributed by atoms with E-state index in [-0.39, 0.29) is 5.75 Å². The number of sulfone groups is 1. The van der Waals surface area contributed by atoms with Gasteiger partial charge in [0.25, 0.3) is 0 Å². The Bertz CT molecular complexity index is 559. The van der Waals surface area contributed by atoms with Gasteiger partial charge in [-0.2, -0.15) is 0 Å². The molecule has 0 atom stereocenters. The van der Waals surface area contributed by atoms with Gasteiger partial charge < -0.3 is 10.6 Å². The lowest BCUT2D eigenvalue weighted by molar-refractivity contribution is 0.600. The topological polar surface area (TPSA) is 70.6 Å². The second kappa shape index (κ2) is 9.17. The molecule has 8 heteroatoms. The standard InChI is InChI=1S/C13H20ClN3O2S2/c1-15-13(17-8-10-21(2,18)19)16-7-9-20-12-5-3-11(14)4-6-12/h3-6H,7-10H2,1-2H3,(H2,15,16,17). The van der Waals surface area contributed by atoms with Crippen molar-refractivity contribution in [1.82, 2.24) is 10.6 Å². The zero-order valence-electron chi connectivity index (χ0n) is 12.1. The Kier molecular flexibility index (Phi) is 7.92. The van der Waals surface area contributed by atoms with Crippen LogP contribution in [0.2, 0.25) is 5.02 Å². The van der Waals surface area contributed by atoms with E-state index >= 15 is 0 Å². The van der Waals surface area contributed by atoms with Crippen LogP contribution in [0.5, 0.6) is 0 Å². The average molecular weight is 350 g/mol. The smallest absolute Gasteiger partial charge is 0.191 e. The Balaban J connectivity index is 2.22. The van der Waals surface area contributed by atoms with Crippen LogP contribution in [-0.2, 0) is 9.84 Å². The SMILES string of the molecule is CN=C(NCCSc1ccc(Cl)cc1)NCCS(C)(=O)=O. The van der Waals surface area contributed by atoms with E-state index < -0.39 is 9.84 Å². The molecule has 21 heavy (non-hydrogen) atoms. The third-order valence-corrected chi connectivity index (χ3v) is 4.68. The highest BCUT2D eigenvalue weighted by molar-refractivity contribution is 7.99. The summed E-state index contributed by atoms with van der Waals surface area (Å²) in [6.07, 6.45) is 1.22. The first-order chi connectivity index (χ1) is 9.90. The first-order valence-electron chi connectivity index (χ1n) is 6.41. The van der Waals surface area contributed by atoms with Crippen molar-refractivity contribution in [3.8, 4) is 0 Å². The van der Waals surface area contributed by atoms with E-state index in [9.17, 15) is 8.42 Å². The summed E-state index contributed by atoms with van der Waals surface area (Å²) in [5.41, 5.74) is 0. The lowest BCUT2D eigenvalue weighted by Crippen LogP contribution is -2.40. The van der Waals surface area contributed by atoms with E-state index in [1.807, 2.05) is 24.3 Å². The van der Waals surface area contributed by atoms with E-state index in [2.05, 4.69) is 15.6 Å². The summed E-state index contributed by atoms with van der Waals surface area (Å²) in [4.78, 5) is 5.19. The van der Waals surface area contributed by atoms with Gasteiger partial charge in [-0.1, -0.05) is 11.6 Å². The Morgan fingerprint density at radius 1 is 1.24 bits per heavy atom. The molecule has 0 fully saturated rings. The first kappa shape index (κ1) is 18.1. The van der Waals surface area contributed by atoms with Crippen molar-refractivity contribution in [3.05, 3.63) is 29.3 Å². The zero-order chi connectivity index (χ0) is 15.7. The van der Waals surface area contributed by atoms with Crippen LogP contribution >= 0.6 is 23.4 Å². The van der Waals surface area contributed by atoms with Gasteiger partial charge in [-0.3, -0.25) is 4.99 Å². The van der Waals surface area contributed by atoms with Crippen molar-refractivity contribution in [2.75, 3.05) is 37.9 Å². The number of nitrogens with one attached hydrogen (secondary N) is 2. The highest BCUT2D eigenvalue weighted by Gasteiger charge is 2.03. The van der Waals surface area contributed by atoms with E-state index in [1.54, 1.807) is 18.8 Å². The van der Waals surface area contributed by atoms with Gasteiger partial charge >= 0.3 is 0 Å². The van der Waals surface area contributed by atoms with Crippen molar-refractivity contribution in [2.45, 2.75) is 4.90 Å². The van der Waals surface area contributed by atoms with Crippen LogP contribution in [0, 0.1) is 0 Å². The van der Waals surface area contributed by atoms with E-state index in [0.29, 0.717) is 12.5 Å². The molecule has 0 radical (unpaired) electrons. The van der Waals surface area contributed by atoms with Crippen LogP contribution in [0.4, 0.5) is 0 Å². The Labute approximate surface area is 135 Å². The van der Waals surface area contributed by atoms with E-state index in [1.165, 1.54) is 6.26 Å². The molecule has 0 saturated heterocycles. The second-order valence-electron chi connectivity index (χ2n) is 4.36. The van der Waals surface area contributed by atoms with Gasteiger partial charge in [0, 0.05) is 42.1 Å². The summed E-state index contributed by atoms with van der Waals surface area (Å²) in [5.74, 6) is 1.57. The minimum atomic E-state index is -2.95. The zero-order valence-corrected chi connectivity index (χ0v) is 14.5. The van der Waals surface area contributed by atoms with Gasteiger partial charge in [-0.15, -0.1) is 11.8 Å². The van der Waals surface area contributed by atoms with Gasteiger partial charge in [0.15, 0.2) is 5.96 Å². The predicted octanol–water partition coefficient (Wildman–Crippen LogP) is 1.64. The molecule has 0 aliphatic rings. The van der Waals surface area contributed by atoms with Crippen LogP contribution in [-0.4, -0.2) is 52.3 Å². The van der Waals surface area contributed by atoms with Crippen LogP contribution in [0.1, 0.15) is 0 Å². The monoisotopic (exact) mass is 349 g/mol. The number of guanidine groups is 1. The lowest BCUT2D eigenvalue weighted by Gasteiger charge is -2.11. The molecule has 1 aromatic rings. The summed E-state index contributed by atoms with van der Waals surface area (Å²) in [6.45, 7) is 1.08. The third-order valence-electron chi connectivity index (χ3n) is 2.47. The molecule has 0 aliphatic heterocycles. The van der Waals surface area contributed by atoms with Crippen LogP contribution in [0.25, 0.3) is 0 Å². The number of thioether (sulfide) groups is 1. The van der Waals surface area contributed by atoms with E-state index in [4.69, 9.17) is 11.6 Å². The highest BCUT2D eigenvalue weighted by Crippen LogP contribution is 2.19. The van der Waals surface area contributed by atoms with Crippen molar-refractivity contribution in [1.29, 1.82) is 0 Å². The molecule has 5 nitrogen and oxygen atoms in total. The number of benzene rings is 1. The summed E-state index contributed by atoms with van der Waals surface area (Å²) in [5, 5.41) is 6.83. The first-order valence-corrected chi connectivity index (χ1v) is 9.84. The summed E-state index contributed by atoms with van der Waals surface area (Å²) in [6, 6.07) is 7.68. The largest absolute Gasteiger partial charge is 0.356 e. The minimum absolute atomic E-state index is 0.0905. The molecule has 1 aromatic carbocycles. The minimum Gasteiger partial charge on any atom is -0.356 e. The summed E-state index contributed by atoms with van der Waals surface area (Å²) >= 11 is 7.54. The van der Waals surface area contributed by atoms with Crippen molar-refractivity contribution >= 4 is 39.2 Å². The maximum absolute atomic E-state index is 11.0. The number of rotatable bonds is 7. The Morgan fingerprint density at radius 2 is 1.86 bits per heavy atom. The quantitative estimate of drug-likeness (QED) is 0.339. The lowest BCUT2D eigenvalue weighted by atomic mass is 10.4. The maximum atomic E-state index is 11.0. The number of hydrogen-bond donors (Lipinski definition) is 2. The van der Waals surface area contributed by atoms with Crippen LogP contribution in [0.15, 0.2) is 34.2 Å². The molecule has 1 rings (SSSR count). The molecule has 2 N–H and O–H groups in total. The van der Waals surface area contributed by atoms with Crippen molar-refractivity contribution in [2.24, 2.45) is 4.99 Å². The van der Waals surface area contributed by atoms with Gasteiger partial charge in [0.05, 0.1) is 5.75 Å². The molecule has 0 saturated carbocycles. The fourth-order valence-electron chi connectivity index (χ4n) is 1.44. The van der Waals surface area contributed by atoms with Gasteiger partial charge in [0.1, 0.15) is 9.84 Å². The number of aliphatic imine (C=N–C) groups is 1. The van der Waals surface area contributed by atoms with Crippen molar-refractivity contribution < 1.29 is 8.42 Å². The molecule has 0 spiro atoms. The molecule has 118 valence electrons. The molecule has 0 bridgehead atoms. The molecule has 0 unspecified atom stereocenters. The molecule has 0 heterocycles. The van der Waals surface area contributed by atoms with Gasteiger partial charge in [0.2, 0.25) is 0 Å².